The van der Waals surface area contributed by atoms with Crippen molar-refractivity contribution in [2.45, 2.75) is 11.3 Å². The van der Waals surface area contributed by atoms with Crippen LogP contribution in [0.4, 0.5) is 5.69 Å². The van der Waals surface area contributed by atoms with E-state index in [2.05, 4.69) is 5.32 Å². The van der Waals surface area contributed by atoms with E-state index in [4.69, 9.17) is 17.3 Å². The number of hydrogen-bond acceptors (Lipinski definition) is 5. The van der Waals surface area contributed by atoms with Crippen molar-refractivity contribution in [3.05, 3.63) is 59.1 Å². The fourth-order valence-corrected chi connectivity index (χ4v) is 4.34. The van der Waals surface area contributed by atoms with Crippen LogP contribution in [-0.2, 0) is 9.59 Å². The van der Waals surface area contributed by atoms with Gasteiger partial charge in [0.25, 0.3) is 5.91 Å². The number of primary amides is 1. The predicted molar refractivity (Wildman–Crippen MR) is 123 cm³/mol. The van der Waals surface area contributed by atoms with Gasteiger partial charge in [-0.15, -0.1) is 11.8 Å². The summed E-state index contributed by atoms with van der Waals surface area (Å²) in [6.07, 6.45) is 0.772. The van der Waals surface area contributed by atoms with Crippen LogP contribution in [0.25, 0.3) is 0 Å². The quantitative estimate of drug-likeness (QED) is 0.619. The van der Waals surface area contributed by atoms with E-state index in [9.17, 15) is 14.4 Å². The van der Waals surface area contributed by atoms with Crippen molar-refractivity contribution in [1.82, 2.24) is 9.80 Å². The predicted octanol–water partition coefficient (Wildman–Crippen LogP) is 2.70. The van der Waals surface area contributed by atoms with Gasteiger partial charge in [-0.2, -0.15) is 0 Å². The molecule has 31 heavy (non-hydrogen) atoms. The summed E-state index contributed by atoms with van der Waals surface area (Å²) in [6.45, 7) is 2.69. The SMILES string of the molecule is NC(=O)CSc1ccccc1NC(=O)CN1CCCN(C(=O)c2ccccc2Cl)CC1. The fourth-order valence-electron chi connectivity index (χ4n) is 3.37. The highest BCUT2D eigenvalue weighted by molar-refractivity contribution is 8.00. The molecule has 1 aliphatic heterocycles. The zero-order valence-electron chi connectivity index (χ0n) is 17.1. The standard InChI is InChI=1S/C22H25ClN4O3S/c23-17-7-2-1-6-16(17)22(30)27-11-5-10-26(12-13-27)14-21(29)25-18-8-3-4-9-19(18)31-15-20(24)28/h1-4,6-9H,5,10-15H2,(H2,24,28)(H,25,29). The number of anilines is 1. The van der Waals surface area contributed by atoms with Gasteiger partial charge in [-0.25, -0.2) is 0 Å². The number of nitrogens with two attached hydrogens (primary N) is 1. The number of halogens is 1. The number of rotatable bonds is 7. The molecule has 7 nitrogen and oxygen atoms in total. The third-order valence-corrected chi connectivity index (χ3v) is 6.30. The average Bonchev–Trinajstić information content (AvgIpc) is 2.98. The second-order valence-corrected chi connectivity index (χ2v) is 8.63. The lowest BCUT2D eigenvalue weighted by Crippen LogP contribution is -2.38. The molecule has 1 aliphatic rings. The highest BCUT2D eigenvalue weighted by Gasteiger charge is 2.23. The van der Waals surface area contributed by atoms with Crippen LogP contribution in [-0.4, -0.2) is 66.0 Å². The molecule has 1 fully saturated rings. The Kier molecular flexibility index (Phi) is 8.34. The Morgan fingerprint density at radius 2 is 1.74 bits per heavy atom. The number of thioether (sulfide) groups is 1. The molecule has 0 saturated carbocycles. The Bertz CT molecular complexity index is 956. The maximum Gasteiger partial charge on any atom is 0.255 e. The molecule has 9 heteroatoms. The van der Waals surface area contributed by atoms with Gasteiger partial charge in [-0.05, 0) is 30.7 Å². The molecular formula is C22H25ClN4O3S. The lowest BCUT2D eigenvalue weighted by Gasteiger charge is -2.22. The first-order chi connectivity index (χ1) is 14.9. The number of hydrogen-bond donors (Lipinski definition) is 2. The van der Waals surface area contributed by atoms with Gasteiger partial charge in [0.05, 0.1) is 28.6 Å². The van der Waals surface area contributed by atoms with Gasteiger partial charge in [-0.3, -0.25) is 19.3 Å². The van der Waals surface area contributed by atoms with Crippen molar-refractivity contribution in [1.29, 1.82) is 0 Å². The van der Waals surface area contributed by atoms with Crippen molar-refractivity contribution in [2.24, 2.45) is 5.73 Å². The smallest absolute Gasteiger partial charge is 0.255 e. The zero-order valence-corrected chi connectivity index (χ0v) is 18.6. The van der Waals surface area contributed by atoms with Crippen molar-refractivity contribution in [2.75, 3.05) is 43.8 Å². The molecule has 0 aliphatic carbocycles. The minimum atomic E-state index is -0.411. The summed E-state index contributed by atoms with van der Waals surface area (Å²) in [5.74, 6) is -0.490. The van der Waals surface area contributed by atoms with Gasteiger partial charge in [0.2, 0.25) is 11.8 Å². The van der Waals surface area contributed by atoms with E-state index in [1.54, 1.807) is 35.2 Å². The van der Waals surface area contributed by atoms with Gasteiger partial charge >= 0.3 is 0 Å². The van der Waals surface area contributed by atoms with E-state index in [-0.39, 0.29) is 24.1 Å². The highest BCUT2D eigenvalue weighted by Crippen LogP contribution is 2.26. The fraction of sp³-hybridized carbons (Fsp3) is 0.318. The summed E-state index contributed by atoms with van der Waals surface area (Å²) in [7, 11) is 0. The molecule has 3 amide bonds. The number of carbonyl (C=O) groups is 3. The summed E-state index contributed by atoms with van der Waals surface area (Å²) < 4.78 is 0. The van der Waals surface area contributed by atoms with Crippen LogP contribution >= 0.6 is 23.4 Å². The van der Waals surface area contributed by atoms with Crippen LogP contribution in [0.15, 0.2) is 53.4 Å². The molecule has 0 spiro atoms. The van der Waals surface area contributed by atoms with Crippen molar-refractivity contribution in [3.8, 4) is 0 Å². The molecule has 1 saturated heterocycles. The first-order valence-electron chi connectivity index (χ1n) is 10.00. The molecular weight excluding hydrogens is 436 g/mol. The summed E-state index contributed by atoms with van der Waals surface area (Å²) in [5.41, 5.74) is 6.38. The Balaban J connectivity index is 1.55. The Morgan fingerprint density at radius 3 is 2.52 bits per heavy atom. The Hall–Kier alpha value is -2.55. The van der Waals surface area contributed by atoms with Crippen LogP contribution in [0.2, 0.25) is 5.02 Å². The topological polar surface area (TPSA) is 95.7 Å². The van der Waals surface area contributed by atoms with E-state index >= 15 is 0 Å². The summed E-state index contributed by atoms with van der Waals surface area (Å²) in [4.78, 5) is 41.1. The molecule has 2 aromatic rings. The van der Waals surface area contributed by atoms with Crippen LogP contribution < -0.4 is 11.1 Å². The van der Waals surface area contributed by atoms with E-state index < -0.39 is 5.91 Å². The molecule has 0 radical (unpaired) electrons. The van der Waals surface area contributed by atoms with Crippen LogP contribution in [0.3, 0.4) is 0 Å². The summed E-state index contributed by atoms with van der Waals surface area (Å²) >= 11 is 7.46. The normalized spacial score (nSPS) is 14.7. The lowest BCUT2D eigenvalue weighted by atomic mass is 10.2. The zero-order chi connectivity index (χ0) is 22.2. The monoisotopic (exact) mass is 460 g/mol. The minimum absolute atomic E-state index is 0.0858. The number of benzene rings is 2. The van der Waals surface area contributed by atoms with Crippen molar-refractivity contribution >= 4 is 46.8 Å². The van der Waals surface area contributed by atoms with E-state index in [0.29, 0.717) is 35.9 Å². The van der Waals surface area contributed by atoms with Crippen molar-refractivity contribution in [3.63, 3.8) is 0 Å². The van der Waals surface area contributed by atoms with Crippen LogP contribution in [0, 0.1) is 0 Å². The molecule has 0 aromatic heterocycles. The van der Waals surface area contributed by atoms with E-state index in [0.717, 1.165) is 17.9 Å². The Morgan fingerprint density at radius 1 is 1.00 bits per heavy atom. The first kappa shape index (κ1) is 23.1. The lowest BCUT2D eigenvalue weighted by molar-refractivity contribution is -0.117. The van der Waals surface area contributed by atoms with Gasteiger partial charge in [0, 0.05) is 31.1 Å². The molecule has 1 heterocycles. The number of carbonyl (C=O) groups excluding carboxylic acids is 3. The third kappa shape index (κ3) is 6.72. The molecule has 3 N–H and O–H groups in total. The molecule has 0 unspecified atom stereocenters. The third-order valence-electron chi connectivity index (χ3n) is 4.88. The highest BCUT2D eigenvalue weighted by atomic mass is 35.5. The number of nitrogens with zero attached hydrogens (tertiary/aromatic N) is 2. The van der Waals surface area contributed by atoms with E-state index in [1.165, 1.54) is 11.8 Å². The minimum Gasteiger partial charge on any atom is -0.369 e. The number of para-hydroxylation sites is 1. The van der Waals surface area contributed by atoms with Crippen molar-refractivity contribution < 1.29 is 14.4 Å². The second kappa shape index (κ2) is 11.2. The number of nitrogens with one attached hydrogen (secondary N) is 1. The molecule has 2 aromatic carbocycles. The van der Waals surface area contributed by atoms with Gasteiger partial charge in [0.1, 0.15) is 0 Å². The van der Waals surface area contributed by atoms with E-state index in [1.807, 2.05) is 23.1 Å². The second-order valence-electron chi connectivity index (χ2n) is 7.20. The maximum absolute atomic E-state index is 12.8. The molecule has 164 valence electrons. The van der Waals surface area contributed by atoms with Gasteiger partial charge in [0.15, 0.2) is 0 Å². The van der Waals surface area contributed by atoms with Crippen LogP contribution in [0.5, 0.6) is 0 Å². The van der Waals surface area contributed by atoms with Gasteiger partial charge < -0.3 is 16.0 Å². The molecule has 0 bridgehead atoms. The summed E-state index contributed by atoms with van der Waals surface area (Å²) in [6, 6.07) is 14.4. The molecule has 0 atom stereocenters. The molecule has 3 rings (SSSR count). The largest absolute Gasteiger partial charge is 0.369 e. The maximum atomic E-state index is 12.8. The summed E-state index contributed by atoms with van der Waals surface area (Å²) in [5, 5.41) is 3.36. The van der Waals surface area contributed by atoms with Gasteiger partial charge in [-0.1, -0.05) is 35.9 Å². The first-order valence-corrected chi connectivity index (χ1v) is 11.4. The number of amides is 3. The van der Waals surface area contributed by atoms with Crippen LogP contribution in [0.1, 0.15) is 16.8 Å². The Labute approximate surface area is 190 Å². The average molecular weight is 461 g/mol.